The van der Waals surface area contributed by atoms with Gasteiger partial charge in [-0.2, -0.15) is 0 Å². The highest BCUT2D eigenvalue weighted by Crippen LogP contribution is 2.42. The van der Waals surface area contributed by atoms with Crippen LogP contribution in [0.2, 0.25) is 0 Å². The number of carboxylic acid groups (broad SMARTS) is 2. The van der Waals surface area contributed by atoms with Crippen LogP contribution in [-0.2, 0) is 9.59 Å². The van der Waals surface area contributed by atoms with Crippen molar-refractivity contribution in [2.24, 2.45) is 5.41 Å². The van der Waals surface area contributed by atoms with Crippen molar-refractivity contribution < 1.29 is 19.8 Å². The molecular weight excluding hydrogens is 220 g/mol. The van der Waals surface area contributed by atoms with E-state index in [4.69, 9.17) is 5.11 Å². The standard InChI is InChI=1S/C13H18O4/c1-2-8-13(12(16)17)9-4-3-5-10(13)6-7-11(14)15/h5-7H,2-4,8-9H2,1H3,(H,14,15)(H,16,17)/b7-6+/t13-/m0/s1. The van der Waals surface area contributed by atoms with Gasteiger partial charge in [-0.15, -0.1) is 0 Å². The van der Waals surface area contributed by atoms with Crippen LogP contribution >= 0.6 is 0 Å². The average molecular weight is 238 g/mol. The first-order chi connectivity index (χ1) is 8.03. The van der Waals surface area contributed by atoms with Gasteiger partial charge in [0.2, 0.25) is 0 Å². The van der Waals surface area contributed by atoms with Crippen molar-refractivity contribution in [1.29, 1.82) is 0 Å². The molecule has 94 valence electrons. The predicted octanol–water partition coefficient (Wildman–Crippen LogP) is 2.61. The monoisotopic (exact) mass is 238 g/mol. The molecule has 0 saturated heterocycles. The highest BCUT2D eigenvalue weighted by atomic mass is 16.4. The van der Waals surface area contributed by atoms with Gasteiger partial charge < -0.3 is 10.2 Å². The first kappa shape index (κ1) is 13.5. The van der Waals surface area contributed by atoms with Gasteiger partial charge in [0.05, 0.1) is 5.41 Å². The van der Waals surface area contributed by atoms with E-state index < -0.39 is 17.4 Å². The Hall–Kier alpha value is -1.58. The summed E-state index contributed by atoms with van der Waals surface area (Å²) in [5.74, 6) is -1.90. The Morgan fingerprint density at radius 1 is 1.47 bits per heavy atom. The molecule has 4 nitrogen and oxygen atoms in total. The summed E-state index contributed by atoms with van der Waals surface area (Å²) in [6.07, 6.45) is 7.88. The minimum atomic E-state index is -1.05. The number of hydrogen-bond acceptors (Lipinski definition) is 2. The number of rotatable bonds is 5. The average Bonchev–Trinajstić information content (AvgIpc) is 2.27. The van der Waals surface area contributed by atoms with E-state index in [-0.39, 0.29) is 0 Å². The molecule has 1 atom stereocenters. The molecule has 0 spiro atoms. The Morgan fingerprint density at radius 3 is 2.71 bits per heavy atom. The summed E-state index contributed by atoms with van der Waals surface area (Å²) in [4.78, 5) is 22.0. The number of aliphatic carboxylic acids is 2. The van der Waals surface area contributed by atoms with Crippen LogP contribution in [-0.4, -0.2) is 22.2 Å². The summed E-state index contributed by atoms with van der Waals surface area (Å²) < 4.78 is 0. The van der Waals surface area contributed by atoms with Gasteiger partial charge in [0.15, 0.2) is 0 Å². The molecule has 0 radical (unpaired) electrons. The molecule has 1 aliphatic carbocycles. The van der Waals surface area contributed by atoms with Crippen molar-refractivity contribution in [2.45, 2.75) is 39.0 Å². The quantitative estimate of drug-likeness (QED) is 0.722. The summed E-state index contributed by atoms with van der Waals surface area (Å²) >= 11 is 0. The molecule has 0 aromatic carbocycles. The van der Waals surface area contributed by atoms with Crippen LogP contribution in [0, 0.1) is 5.41 Å². The van der Waals surface area contributed by atoms with Crippen LogP contribution in [0.3, 0.4) is 0 Å². The Kier molecular flexibility index (Phi) is 4.49. The maximum absolute atomic E-state index is 11.5. The topological polar surface area (TPSA) is 74.6 Å². The van der Waals surface area contributed by atoms with Crippen LogP contribution in [0.5, 0.6) is 0 Å². The fraction of sp³-hybridized carbons (Fsp3) is 0.538. The van der Waals surface area contributed by atoms with Crippen molar-refractivity contribution in [1.82, 2.24) is 0 Å². The van der Waals surface area contributed by atoms with E-state index in [9.17, 15) is 14.7 Å². The minimum absolute atomic E-state index is 0.554. The van der Waals surface area contributed by atoms with E-state index in [2.05, 4.69) is 0 Å². The largest absolute Gasteiger partial charge is 0.481 e. The van der Waals surface area contributed by atoms with Crippen LogP contribution in [0.1, 0.15) is 39.0 Å². The summed E-state index contributed by atoms with van der Waals surface area (Å²) in [7, 11) is 0. The summed E-state index contributed by atoms with van der Waals surface area (Å²) in [6.45, 7) is 1.94. The predicted molar refractivity (Wildman–Crippen MR) is 63.7 cm³/mol. The fourth-order valence-electron chi connectivity index (χ4n) is 2.42. The van der Waals surface area contributed by atoms with E-state index in [0.717, 1.165) is 25.3 Å². The minimum Gasteiger partial charge on any atom is -0.481 e. The highest BCUT2D eigenvalue weighted by molar-refractivity contribution is 5.83. The molecule has 0 heterocycles. The molecule has 0 fully saturated rings. The molecule has 0 saturated carbocycles. The maximum atomic E-state index is 11.5. The van der Waals surface area contributed by atoms with Gasteiger partial charge in [-0.3, -0.25) is 4.79 Å². The van der Waals surface area contributed by atoms with Gasteiger partial charge in [0.1, 0.15) is 0 Å². The number of hydrogen-bond donors (Lipinski definition) is 2. The molecule has 0 aliphatic heterocycles. The summed E-state index contributed by atoms with van der Waals surface area (Å²) in [5, 5.41) is 18.1. The Morgan fingerprint density at radius 2 is 2.18 bits per heavy atom. The van der Waals surface area contributed by atoms with Gasteiger partial charge in [-0.1, -0.05) is 25.5 Å². The van der Waals surface area contributed by atoms with Gasteiger partial charge in [-0.25, -0.2) is 4.79 Å². The zero-order chi connectivity index (χ0) is 12.9. The lowest BCUT2D eigenvalue weighted by molar-refractivity contribution is -0.147. The Balaban J connectivity index is 3.07. The van der Waals surface area contributed by atoms with Crippen LogP contribution in [0.25, 0.3) is 0 Å². The summed E-state index contributed by atoms with van der Waals surface area (Å²) in [6, 6.07) is 0. The highest BCUT2D eigenvalue weighted by Gasteiger charge is 2.41. The van der Waals surface area contributed by atoms with Crippen molar-refractivity contribution in [3.05, 3.63) is 23.8 Å². The first-order valence-electron chi connectivity index (χ1n) is 5.88. The smallest absolute Gasteiger partial charge is 0.328 e. The zero-order valence-electron chi connectivity index (χ0n) is 9.98. The molecule has 0 amide bonds. The first-order valence-corrected chi connectivity index (χ1v) is 5.88. The second-order valence-electron chi connectivity index (χ2n) is 4.36. The normalized spacial score (nSPS) is 24.6. The molecule has 0 unspecified atom stereocenters. The second-order valence-corrected chi connectivity index (χ2v) is 4.36. The van der Waals surface area contributed by atoms with Crippen molar-refractivity contribution in [2.75, 3.05) is 0 Å². The zero-order valence-corrected chi connectivity index (χ0v) is 9.98. The van der Waals surface area contributed by atoms with Gasteiger partial charge >= 0.3 is 11.9 Å². The SMILES string of the molecule is CCC[C@]1(C(=O)O)CCCC=C1/C=C/C(=O)O. The Labute approximate surface area is 101 Å². The van der Waals surface area contributed by atoms with Crippen molar-refractivity contribution in [3.8, 4) is 0 Å². The molecule has 1 aliphatic rings. The number of carboxylic acids is 2. The second kappa shape index (κ2) is 5.66. The summed E-state index contributed by atoms with van der Waals surface area (Å²) in [5.41, 5.74) is -0.251. The van der Waals surface area contributed by atoms with E-state index in [1.54, 1.807) is 0 Å². The van der Waals surface area contributed by atoms with Gasteiger partial charge in [-0.05, 0) is 31.3 Å². The lowest BCUT2D eigenvalue weighted by Crippen LogP contribution is -2.34. The molecule has 17 heavy (non-hydrogen) atoms. The fourth-order valence-corrected chi connectivity index (χ4v) is 2.42. The van der Waals surface area contributed by atoms with E-state index in [0.29, 0.717) is 18.4 Å². The molecule has 1 rings (SSSR count). The molecule has 4 heteroatoms. The van der Waals surface area contributed by atoms with Crippen molar-refractivity contribution in [3.63, 3.8) is 0 Å². The van der Waals surface area contributed by atoms with Crippen LogP contribution < -0.4 is 0 Å². The number of carbonyl (C=O) groups is 2. The lowest BCUT2D eigenvalue weighted by Gasteiger charge is -2.33. The van der Waals surface area contributed by atoms with Crippen molar-refractivity contribution >= 4 is 11.9 Å². The number of allylic oxidation sites excluding steroid dienone is 2. The van der Waals surface area contributed by atoms with Crippen LogP contribution in [0.15, 0.2) is 23.8 Å². The molecular formula is C13H18O4. The van der Waals surface area contributed by atoms with Gasteiger partial charge in [0.25, 0.3) is 0 Å². The third kappa shape index (κ3) is 2.96. The van der Waals surface area contributed by atoms with E-state index in [1.807, 2.05) is 13.0 Å². The lowest BCUT2D eigenvalue weighted by atomic mass is 9.69. The van der Waals surface area contributed by atoms with Gasteiger partial charge in [0, 0.05) is 6.08 Å². The van der Waals surface area contributed by atoms with E-state index >= 15 is 0 Å². The Bertz CT molecular complexity index is 368. The molecule has 0 aromatic rings. The third-order valence-corrected chi connectivity index (χ3v) is 3.22. The third-order valence-electron chi connectivity index (χ3n) is 3.22. The van der Waals surface area contributed by atoms with Crippen LogP contribution in [0.4, 0.5) is 0 Å². The van der Waals surface area contributed by atoms with E-state index in [1.165, 1.54) is 6.08 Å². The molecule has 0 aromatic heterocycles. The molecule has 2 N–H and O–H groups in total. The maximum Gasteiger partial charge on any atom is 0.328 e. The molecule has 0 bridgehead atoms.